The molecule has 0 atom stereocenters. The number of anilines is 1. The highest BCUT2D eigenvalue weighted by Crippen LogP contribution is 2.23. The molecule has 5 rings (SSSR count). The van der Waals surface area contributed by atoms with Gasteiger partial charge in [0.25, 0.3) is 5.89 Å². The van der Waals surface area contributed by atoms with Gasteiger partial charge < -0.3 is 14.6 Å². The second-order valence-electron chi connectivity index (χ2n) is 7.77. The van der Waals surface area contributed by atoms with Gasteiger partial charge in [0.15, 0.2) is 0 Å². The molecule has 1 N–H and O–H groups in total. The van der Waals surface area contributed by atoms with E-state index in [0.717, 1.165) is 16.3 Å². The monoisotopic (exact) mass is 467 g/mol. The van der Waals surface area contributed by atoms with Crippen molar-refractivity contribution in [2.45, 2.75) is 12.8 Å². The number of amides is 2. The topological polar surface area (TPSA) is 110 Å². The number of hydrogen-bond donors (Lipinski definition) is 1. The maximum atomic E-state index is 12.6. The lowest BCUT2D eigenvalue weighted by molar-refractivity contribution is -0.135. The Kier molecular flexibility index (Phi) is 6.29. The minimum absolute atomic E-state index is 0.195. The summed E-state index contributed by atoms with van der Waals surface area (Å²) >= 11 is 0. The summed E-state index contributed by atoms with van der Waals surface area (Å²) in [5, 5.41) is 12.2. The van der Waals surface area contributed by atoms with Gasteiger partial charge in [0.05, 0.1) is 0 Å². The number of ether oxygens (including phenoxy) is 1. The quantitative estimate of drug-likeness (QED) is 0.429. The number of nitrogens with zero attached hydrogens (tertiary/aromatic N) is 4. The van der Waals surface area contributed by atoms with Crippen molar-refractivity contribution in [2.75, 3.05) is 11.9 Å². The van der Waals surface area contributed by atoms with E-state index in [9.17, 15) is 9.59 Å². The van der Waals surface area contributed by atoms with Crippen molar-refractivity contribution in [3.8, 4) is 22.9 Å². The van der Waals surface area contributed by atoms with Crippen LogP contribution < -0.4 is 10.1 Å². The molecule has 1 aliphatic rings. The zero-order valence-electron chi connectivity index (χ0n) is 18.6. The summed E-state index contributed by atoms with van der Waals surface area (Å²) in [7, 11) is 0. The van der Waals surface area contributed by atoms with Gasteiger partial charge in [-0.15, -0.1) is 0 Å². The summed E-state index contributed by atoms with van der Waals surface area (Å²) in [5.74, 6) is 1.40. The number of aromatic nitrogens is 2. The predicted octanol–water partition coefficient (Wildman–Crippen LogP) is 4.49. The lowest BCUT2D eigenvalue weighted by Crippen LogP contribution is -2.38. The number of benzene rings is 3. The van der Waals surface area contributed by atoms with E-state index in [2.05, 4.69) is 20.6 Å². The van der Waals surface area contributed by atoms with E-state index < -0.39 is 0 Å². The van der Waals surface area contributed by atoms with Crippen molar-refractivity contribution in [3.05, 3.63) is 90.8 Å². The number of carbonyl (C=O) groups is 2. The van der Waals surface area contributed by atoms with Crippen molar-refractivity contribution in [2.24, 2.45) is 5.10 Å². The van der Waals surface area contributed by atoms with E-state index >= 15 is 0 Å². The van der Waals surface area contributed by atoms with Crippen molar-refractivity contribution in [1.29, 1.82) is 0 Å². The van der Waals surface area contributed by atoms with Gasteiger partial charge in [-0.25, -0.2) is 5.01 Å². The fraction of sp³-hybridized carbons (Fsp3) is 0.115. The first kappa shape index (κ1) is 22.0. The molecular weight excluding hydrogens is 446 g/mol. The summed E-state index contributed by atoms with van der Waals surface area (Å²) in [5.41, 5.74) is 1.86. The Labute approximate surface area is 201 Å². The molecular formula is C26H21N5O4. The molecule has 1 aromatic heterocycles. The van der Waals surface area contributed by atoms with Crippen LogP contribution in [0.2, 0.25) is 0 Å². The first-order chi connectivity index (χ1) is 17.1. The molecule has 35 heavy (non-hydrogen) atoms. The van der Waals surface area contributed by atoms with Crippen LogP contribution in [0.1, 0.15) is 18.7 Å². The highest BCUT2D eigenvalue weighted by molar-refractivity contribution is 6.02. The van der Waals surface area contributed by atoms with Crippen molar-refractivity contribution in [1.82, 2.24) is 15.1 Å². The Morgan fingerprint density at radius 2 is 1.60 bits per heavy atom. The van der Waals surface area contributed by atoms with Crippen LogP contribution in [0.15, 0.2) is 94.6 Å². The molecule has 2 amide bonds. The first-order valence-corrected chi connectivity index (χ1v) is 11.0. The zero-order valence-corrected chi connectivity index (χ0v) is 18.6. The average Bonchev–Trinajstić information content (AvgIpc) is 3.38. The van der Waals surface area contributed by atoms with Gasteiger partial charge in [0, 0.05) is 24.1 Å². The molecule has 0 spiro atoms. The van der Waals surface area contributed by atoms with Gasteiger partial charge >= 0.3 is 0 Å². The number of hydrogen-bond acceptors (Lipinski definition) is 7. The molecule has 174 valence electrons. The van der Waals surface area contributed by atoms with Crippen LogP contribution in [0.3, 0.4) is 0 Å². The van der Waals surface area contributed by atoms with Gasteiger partial charge in [-0.05, 0) is 36.4 Å². The minimum atomic E-state index is -0.379. The highest BCUT2D eigenvalue weighted by Gasteiger charge is 2.26. The third-order valence-corrected chi connectivity index (χ3v) is 5.22. The standard InChI is InChI=1S/C26H21N5O4/c32-23(27-19-11-13-21(14-12-19)34-20-9-5-2-6-10-20)17-31-24(33)16-15-22(29-31)26-28-25(30-35-26)18-7-3-1-4-8-18/h1-14H,15-17H2,(H,27,32). The smallest absolute Gasteiger partial charge is 0.274 e. The predicted molar refractivity (Wildman–Crippen MR) is 129 cm³/mol. The van der Waals surface area contributed by atoms with Gasteiger partial charge in [-0.2, -0.15) is 10.1 Å². The number of para-hydroxylation sites is 1. The molecule has 1 aliphatic heterocycles. The van der Waals surface area contributed by atoms with E-state index in [1.54, 1.807) is 24.3 Å². The largest absolute Gasteiger partial charge is 0.457 e. The van der Waals surface area contributed by atoms with Crippen LogP contribution in [0, 0.1) is 0 Å². The van der Waals surface area contributed by atoms with Gasteiger partial charge in [-0.1, -0.05) is 53.7 Å². The summed E-state index contributed by atoms with van der Waals surface area (Å²) in [6.07, 6.45) is 0.553. The van der Waals surface area contributed by atoms with Gasteiger partial charge in [-0.3, -0.25) is 9.59 Å². The molecule has 0 unspecified atom stereocenters. The summed E-state index contributed by atoms with van der Waals surface area (Å²) in [6, 6.07) is 25.8. The average molecular weight is 467 g/mol. The Morgan fingerprint density at radius 1 is 0.914 bits per heavy atom. The number of carbonyl (C=O) groups excluding carboxylic acids is 2. The third-order valence-electron chi connectivity index (χ3n) is 5.22. The van der Waals surface area contributed by atoms with E-state index in [1.807, 2.05) is 60.7 Å². The van der Waals surface area contributed by atoms with Crippen molar-refractivity contribution >= 4 is 23.2 Å². The summed E-state index contributed by atoms with van der Waals surface area (Å²) in [6.45, 7) is -0.232. The third kappa shape index (κ3) is 5.41. The molecule has 0 saturated heterocycles. The van der Waals surface area contributed by atoms with Gasteiger partial charge in [0.1, 0.15) is 23.8 Å². The van der Waals surface area contributed by atoms with Crippen molar-refractivity contribution < 1.29 is 18.8 Å². The SMILES string of the molecule is O=C(CN1N=C(c2nc(-c3ccccc3)no2)CCC1=O)Nc1ccc(Oc2ccccc2)cc1. The van der Waals surface area contributed by atoms with Crippen LogP contribution in [-0.4, -0.2) is 39.2 Å². The van der Waals surface area contributed by atoms with Crippen LogP contribution in [-0.2, 0) is 9.59 Å². The molecule has 0 saturated carbocycles. The maximum Gasteiger partial charge on any atom is 0.274 e. The Morgan fingerprint density at radius 3 is 2.34 bits per heavy atom. The Hall–Kier alpha value is -4.79. The fourth-order valence-electron chi connectivity index (χ4n) is 3.49. The second kappa shape index (κ2) is 10.0. The Bertz CT molecular complexity index is 1350. The number of nitrogens with one attached hydrogen (secondary N) is 1. The normalized spacial score (nSPS) is 13.3. The van der Waals surface area contributed by atoms with E-state index in [4.69, 9.17) is 9.26 Å². The van der Waals surface area contributed by atoms with Crippen LogP contribution in [0.4, 0.5) is 5.69 Å². The number of rotatable bonds is 7. The molecule has 0 aliphatic carbocycles. The van der Waals surface area contributed by atoms with E-state index in [0.29, 0.717) is 29.4 Å². The molecule has 9 nitrogen and oxygen atoms in total. The number of hydrazone groups is 1. The van der Waals surface area contributed by atoms with Crippen LogP contribution in [0.5, 0.6) is 11.5 Å². The molecule has 9 heteroatoms. The molecule has 4 aromatic rings. The molecule has 3 aromatic carbocycles. The zero-order chi connectivity index (χ0) is 24.0. The van der Waals surface area contributed by atoms with E-state index in [-0.39, 0.29) is 30.7 Å². The van der Waals surface area contributed by atoms with Crippen molar-refractivity contribution in [3.63, 3.8) is 0 Å². The first-order valence-electron chi connectivity index (χ1n) is 11.0. The van der Waals surface area contributed by atoms with Crippen LogP contribution in [0.25, 0.3) is 11.4 Å². The summed E-state index contributed by atoms with van der Waals surface area (Å²) < 4.78 is 11.1. The Balaban J connectivity index is 1.22. The highest BCUT2D eigenvalue weighted by atomic mass is 16.5. The molecule has 0 fully saturated rings. The molecule has 0 bridgehead atoms. The van der Waals surface area contributed by atoms with E-state index in [1.165, 1.54) is 0 Å². The molecule has 2 heterocycles. The lowest BCUT2D eigenvalue weighted by atomic mass is 10.1. The second-order valence-corrected chi connectivity index (χ2v) is 7.77. The minimum Gasteiger partial charge on any atom is -0.457 e. The van der Waals surface area contributed by atoms with Gasteiger partial charge in [0.2, 0.25) is 17.6 Å². The lowest BCUT2D eigenvalue weighted by Gasteiger charge is -2.21. The fourth-order valence-corrected chi connectivity index (χ4v) is 3.49. The maximum absolute atomic E-state index is 12.6. The van der Waals surface area contributed by atoms with Crippen LogP contribution >= 0.6 is 0 Å². The molecule has 0 radical (unpaired) electrons. The summed E-state index contributed by atoms with van der Waals surface area (Å²) in [4.78, 5) is 29.3.